The van der Waals surface area contributed by atoms with Crippen LogP contribution in [0.5, 0.6) is 0 Å². The van der Waals surface area contributed by atoms with Gasteiger partial charge in [0, 0.05) is 24.1 Å². The van der Waals surface area contributed by atoms with Gasteiger partial charge in [-0.05, 0) is 17.7 Å². The molecule has 3 rings (SSSR count). The number of hydrogen-bond donors (Lipinski definition) is 1. The molecule has 5 heteroatoms. The number of nitrogens with one attached hydrogen (secondary N) is 1. The average Bonchev–Trinajstić information content (AvgIpc) is 3.08. The molecule has 1 aliphatic rings. The second kappa shape index (κ2) is 7.51. The number of furan rings is 1. The number of thioether (sulfide) groups is 1. The molecule has 2 heterocycles. The molecular weight excluding hydrogens is 296 g/mol. The zero-order chi connectivity index (χ0) is 15.2. The van der Waals surface area contributed by atoms with E-state index in [4.69, 9.17) is 4.42 Å². The largest absolute Gasteiger partial charge is 0.467 e. The van der Waals surface area contributed by atoms with E-state index < -0.39 is 0 Å². The van der Waals surface area contributed by atoms with E-state index in [0.29, 0.717) is 19.1 Å². The van der Waals surface area contributed by atoms with Crippen LogP contribution in [0, 0.1) is 0 Å². The summed E-state index contributed by atoms with van der Waals surface area (Å²) in [7, 11) is 0. The highest BCUT2D eigenvalue weighted by Crippen LogP contribution is 2.28. The minimum Gasteiger partial charge on any atom is -0.467 e. The molecule has 0 aliphatic carbocycles. The summed E-state index contributed by atoms with van der Waals surface area (Å²) in [6.45, 7) is 1.82. The van der Waals surface area contributed by atoms with Crippen molar-refractivity contribution in [1.29, 1.82) is 0 Å². The van der Waals surface area contributed by atoms with Gasteiger partial charge in [-0.1, -0.05) is 30.3 Å². The van der Waals surface area contributed by atoms with Gasteiger partial charge in [0.05, 0.1) is 19.4 Å². The minimum absolute atomic E-state index is 0.0456. The first-order valence-electron chi connectivity index (χ1n) is 7.49. The molecule has 1 aliphatic heterocycles. The molecular formula is C17H20N2O2S. The lowest BCUT2D eigenvalue weighted by Gasteiger charge is -2.35. The Balaban J connectivity index is 1.58. The van der Waals surface area contributed by atoms with Crippen molar-refractivity contribution in [2.45, 2.75) is 12.6 Å². The highest BCUT2D eigenvalue weighted by molar-refractivity contribution is 7.99. The van der Waals surface area contributed by atoms with Crippen LogP contribution in [0.2, 0.25) is 0 Å². The molecule has 0 radical (unpaired) electrons. The van der Waals surface area contributed by atoms with Gasteiger partial charge < -0.3 is 9.73 Å². The van der Waals surface area contributed by atoms with E-state index >= 15 is 0 Å². The molecule has 0 saturated carbocycles. The SMILES string of the molecule is O=C(CN1CCSC[C@H]1c1ccccc1)NCc1ccco1. The summed E-state index contributed by atoms with van der Waals surface area (Å²) in [5.74, 6) is 2.94. The zero-order valence-electron chi connectivity index (χ0n) is 12.4. The van der Waals surface area contributed by atoms with E-state index in [9.17, 15) is 4.79 Å². The Morgan fingerprint density at radius 2 is 2.14 bits per heavy atom. The second-order valence-electron chi connectivity index (χ2n) is 5.33. The number of hydrogen-bond acceptors (Lipinski definition) is 4. The predicted octanol–water partition coefficient (Wildman–Crippen LogP) is 2.69. The van der Waals surface area contributed by atoms with Crippen LogP contribution >= 0.6 is 11.8 Å². The lowest BCUT2D eigenvalue weighted by molar-refractivity contribution is -0.123. The summed E-state index contributed by atoms with van der Waals surface area (Å²) in [6, 6.07) is 14.4. The maximum Gasteiger partial charge on any atom is 0.234 e. The van der Waals surface area contributed by atoms with Gasteiger partial charge in [0.15, 0.2) is 0 Å². The summed E-state index contributed by atoms with van der Waals surface area (Å²) >= 11 is 1.95. The van der Waals surface area contributed by atoms with Gasteiger partial charge in [-0.3, -0.25) is 9.69 Å². The molecule has 1 amide bonds. The summed E-state index contributed by atoms with van der Waals surface area (Å²) in [5.41, 5.74) is 1.29. The fourth-order valence-corrected chi connectivity index (χ4v) is 3.81. The van der Waals surface area contributed by atoms with Gasteiger partial charge in [-0.2, -0.15) is 11.8 Å². The van der Waals surface area contributed by atoms with Crippen LogP contribution in [0.15, 0.2) is 53.1 Å². The maximum atomic E-state index is 12.2. The molecule has 1 aromatic carbocycles. The summed E-state index contributed by atoms with van der Waals surface area (Å²) in [4.78, 5) is 14.4. The van der Waals surface area contributed by atoms with Gasteiger partial charge in [0.2, 0.25) is 5.91 Å². The van der Waals surface area contributed by atoms with Crippen molar-refractivity contribution in [2.24, 2.45) is 0 Å². The molecule has 1 aromatic heterocycles. The molecule has 0 unspecified atom stereocenters. The average molecular weight is 316 g/mol. The Morgan fingerprint density at radius 1 is 1.27 bits per heavy atom. The summed E-state index contributed by atoms with van der Waals surface area (Å²) in [6.07, 6.45) is 1.62. The van der Waals surface area contributed by atoms with Gasteiger partial charge in [0.1, 0.15) is 5.76 Å². The van der Waals surface area contributed by atoms with Crippen molar-refractivity contribution < 1.29 is 9.21 Å². The number of rotatable bonds is 5. The summed E-state index contributed by atoms with van der Waals surface area (Å²) in [5, 5.41) is 2.92. The predicted molar refractivity (Wildman–Crippen MR) is 88.6 cm³/mol. The first kappa shape index (κ1) is 15.2. The second-order valence-corrected chi connectivity index (χ2v) is 6.48. The maximum absolute atomic E-state index is 12.2. The van der Waals surface area contributed by atoms with Crippen LogP contribution in [0.3, 0.4) is 0 Å². The Morgan fingerprint density at radius 3 is 2.91 bits per heavy atom. The number of amides is 1. The van der Waals surface area contributed by atoms with Crippen molar-refractivity contribution in [3.05, 3.63) is 60.1 Å². The first-order valence-corrected chi connectivity index (χ1v) is 8.64. The number of benzene rings is 1. The quantitative estimate of drug-likeness (QED) is 0.921. The standard InChI is InChI=1S/C17H20N2O2S/c20-17(18-11-15-7-4-9-21-15)12-19-8-10-22-13-16(19)14-5-2-1-3-6-14/h1-7,9,16H,8,10-13H2,(H,18,20)/t16-/m0/s1. The van der Waals surface area contributed by atoms with Crippen molar-refractivity contribution in [2.75, 3.05) is 24.6 Å². The third-order valence-corrected chi connectivity index (χ3v) is 4.83. The molecule has 1 saturated heterocycles. The van der Waals surface area contributed by atoms with Crippen LogP contribution in [0.25, 0.3) is 0 Å². The molecule has 1 fully saturated rings. The Labute approximate surface area is 134 Å². The molecule has 4 nitrogen and oxygen atoms in total. The fraction of sp³-hybridized carbons (Fsp3) is 0.353. The molecule has 1 N–H and O–H groups in total. The monoisotopic (exact) mass is 316 g/mol. The molecule has 0 bridgehead atoms. The van der Waals surface area contributed by atoms with Crippen LogP contribution in [-0.2, 0) is 11.3 Å². The van der Waals surface area contributed by atoms with Gasteiger partial charge in [-0.15, -0.1) is 0 Å². The molecule has 1 atom stereocenters. The highest BCUT2D eigenvalue weighted by atomic mass is 32.2. The van der Waals surface area contributed by atoms with Gasteiger partial charge in [-0.25, -0.2) is 0 Å². The van der Waals surface area contributed by atoms with Crippen LogP contribution in [0.4, 0.5) is 0 Å². The van der Waals surface area contributed by atoms with E-state index in [1.165, 1.54) is 5.56 Å². The minimum atomic E-state index is 0.0456. The van der Waals surface area contributed by atoms with E-state index in [1.807, 2.05) is 30.0 Å². The fourth-order valence-electron chi connectivity index (χ4n) is 2.65. The zero-order valence-corrected chi connectivity index (χ0v) is 13.2. The van der Waals surface area contributed by atoms with Crippen molar-refractivity contribution >= 4 is 17.7 Å². The normalized spacial score (nSPS) is 19.0. The number of carbonyl (C=O) groups is 1. The lowest BCUT2D eigenvalue weighted by atomic mass is 10.1. The van der Waals surface area contributed by atoms with E-state index in [2.05, 4.69) is 34.5 Å². The number of nitrogens with zero attached hydrogens (tertiary/aromatic N) is 1. The van der Waals surface area contributed by atoms with Crippen molar-refractivity contribution in [3.8, 4) is 0 Å². The van der Waals surface area contributed by atoms with Gasteiger partial charge in [0.25, 0.3) is 0 Å². The molecule has 22 heavy (non-hydrogen) atoms. The van der Waals surface area contributed by atoms with E-state index in [0.717, 1.165) is 23.8 Å². The first-order chi connectivity index (χ1) is 10.8. The van der Waals surface area contributed by atoms with Crippen LogP contribution in [0.1, 0.15) is 17.4 Å². The van der Waals surface area contributed by atoms with Crippen molar-refractivity contribution in [3.63, 3.8) is 0 Å². The number of carbonyl (C=O) groups excluding carboxylic acids is 1. The molecule has 0 spiro atoms. The lowest BCUT2D eigenvalue weighted by Crippen LogP contribution is -2.43. The molecule has 116 valence electrons. The van der Waals surface area contributed by atoms with Crippen LogP contribution < -0.4 is 5.32 Å². The smallest absolute Gasteiger partial charge is 0.234 e. The Kier molecular flexibility index (Phi) is 5.19. The third-order valence-electron chi connectivity index (χ3n) is 3.81. The summed E-state index contributed by atoms with van der Waals surface area (Å²) < 4.78 is 5.23. The van der Waals surface area contributed by atoms with Crippen LogP contribution in [-0.4, -0.2) is 35.4 Å². The van der Waals surface area contributed by atoms with E-state index in [1.54, 1.807) is 6.26 Å². The Bertz CT molecular complexity index is 586. The van der Waals surface area contributed by atoms with Crippen molar-refractivity contribution in [1.82, 2.24) is 10.2 Å². The third kappa shape index (κ3) is 3.93. The highest BCUT2D eigenvalue weighted by Gasteiger charge is 2.25. The molecule has 2 aromatic rings. The van der Waals surface area contributed by atoms with Gasteiger partial charge >= 0.3 is 0 Å². The topological polar surface area (TPSA) is 45.5 Å². The van der Waals surface area contributed by atoms with E-state index in [-0.39, 0.29) is 5.91 Å². The Hall–Kier alpha value is -1.72.